The van der Waals surface area contributed by atoms with Crippen molar-refractivity contribution in [3.05, 3.63) is 23.5 Å². The summed E-state index contributed by atoms with van der Waals surface area (Å²) < 4.78 is 4.76. The van der Waals surface area contributed by atoms with Crippen LogP contribution in [0.3, 0.4) is 0 Å². The summed E-state index contributed by atoms with van der Waals surface area (Å²) in [5.74, 6) is -0.327. The molecule has 0 radical (unpaired) electrons. The summed E-state index contributed by atoms with van der Waals surface area (Å²) in [6.07, 6.45) is 9.63. The van der Waals surface area contributed by atoms with Gasteiger partial charge in [0.15, 0.2) is 0 Å². The van der Waals surface area contributed by atoms with Crippen molar-refractivity contribution in [2.24, 2.45) is 0 Å². The fourth-order valence-electron chi connectivity index (χ4n) is 2.45. The van der Waals surface area contributed by atoms with Crippen LogP contribution < -0.4 is 5.32 Å². The summed E-state index contributed by atoms with van der Waals surface area (Å²) in [5.41, 5.74) is 2.41. The number of pyridine rings is 1. The molecule has 0 aromatic carbocycles. The molecule has 0 amide bonds. The minimum atomic E-state index is -0.327. The van der Waals surface area contributed by atoms with Crippen molar-refractivity contribution in [2.75, 3.05) is 12.4 Å². The van der Waals surface area contributed by atoms with E-state index in [2.05, 4.69) is 10.3 Å². The van der Waals surface area contributed by atoms with Gasteiger partial charge in [-0.3, -0.25) is 4.98 Å². The first-order valence-electron chi connectivity index (χ1n) is 6.52. The molecule has 4 nitrogen and oxygen atoms in total. The zero-order valence-corrected chi connectivity index (χ0v) is 11.0. The number of hydrogen-bond acceptors (Lipinski definition) is 4. The molecule has 1 N–H and O–H groups in total. The van der Waals surface area contributed by atoms with E-state index in [-0.39, 0.29) is 5.97 Å². The average molecular weight is 248 g/mol. The van der Waals surface area contributed by atoms with Crippen molar-refractivity contribution >= 4 is 11.7 Å². The van der Waals surface area contributed by atoms with Crippen LogP contribution in [0.2, 0.25) is 0 Å². The Bertz CT molecular complexity index is 426. The van der Waals surface area contributed by atoms with Crippen molar-refractivity contribution in [1.82, 2.24) is 4.98 Å². The second-order valence-electron chi connectivity index (χ2n) is 4.83. The minimum absolute atomic E-state index is 0.327. The number of esters is 1. The van der Waals surface area contributed by atoms with E-state index in [9.17, 15) is 4.79 Å². The predicted molar refractivity (Wildman–Crippen MR) is 70.8 cm³/mol. The van der Waals surface area contributed by atoms with E-state index in [0.29, 0.717) is 11.6 Å². The van der Waals surface area contributed by atoms with Gasteiger partial charge in [0.1, 0.15) is 0 Å². The normalized spacial score (nSPS) is 16.3. The third-order valence-corrected chi connectivity index (χ3v) is 3.59. The van der Waals surface area contributed by atoms with E-state index in [1.165, 1.54) is 39.2 Å². The van der Waals surface area contributed by atoms with Gasteiger partial charge in [-0.1, -0.05) is 19.3 Å². The van der Waals surface area contributed by atoms with E-state index in [4.69, 9.17) is 4.74 Å². The predicted octanol–water partition coefficient (Wildman–Crippen LogP) is 2.92. The van der Waals surface area contributed by atoms with E-state index in [1.807, 2.05) is 6.92 Å². The molecule has 0 bridgehead atoms. The van der Waals surface area contributed by atoms with Gasteiger partial charge in [0, 0.05) is 12.2 Å². The Morgan fingerprint density at radius 2 is 2.06 bits per heavy atom. The highest BCUT2D eigenvalue weighted by atomic mass is 16.5. The Morgan fingerprint density at radius 1 is 1.33 bits per heavy atom. The molecule has 1 aliphatic rings. The minimum Gasteiger partial charge on any atom is -0.465 e. The zero-order valence-electron chi connectivity index (χ0n) is 11.0. The molecule has 2 rings (SSSR count). The fourth-order valence-corrected chi connectivity index (χ4v) is 2.45. The SMILES string of the molecule is COC(=O)c1cncc(NC2CCCCC2)c1C. The summed E-state index contributed by atoms with van der Waals surface area (Å²) in [5, 5.41) is 3.50. The molecular formula is C14H20N2O2. The molecule has 1 saturated carbocycles. The smallest absolute Gasteiger partial charge is 0.339 e. The third-order valence-electron chi connectivity index (χ3n) is 3.59. The maximum atomic E-state index is 11.6. The van der Waals surface area contributed by atoms with Crippen molar-refractivity contribution in [2.45, 2.75) is 45.1 Å². The van der Waals surface area contributed by atoms with Gasteiger partial charge in [-0.05, 0) is 25.3 Å². The third kappa shape index (κ3) is 2.81. The second kappa shape index (κ2) is 5.85. The molecule has 1 aliphatic carbocycles. The van der Waals surface area contributed by atoms with Crippen molar-refractivity contribution in [1.29, 1.82) is 0 Å². The Morgan fingerprint density at radius 3 is 2.72 bits per heavy atom. The zero-order chi connectivity index (χ0) is 13.0. The molecule has 1 heterocycles. The highest BCUT2D eigenvalue weighted by Crippen LogP contribution is 2.24. The number of methoxy groups -OCH3 is 1. The van der Waals surface area contributed by atoms with E-state index < -0.39 is 0 Å². The molecule has 0 atom stereocenters. The van der Waals surface area contributed by atoms with Gasteiger partial charge in [0.25, 0.3) is 0 Å². The number of nitrogens with zero attached hydrogens (tertiary/aromatic N) is 1. The van der Waals surface area contributed by atoms with Crippen LogP contribution >= 0.6 is 0 Å². The second-order valence-corrected chi connectivity index (χ2v) is 4.83. The molecule has 0 spiro atoms. The average Bonchev–Trinajstić information content (AvgIpc) is 2.41. The number of carbonyl (C=O) groups excluding carboxylic acids is 1. The lowest BCUT2D eigenvalue weighted by Gasteiger charge is -2.24. The summed E-state index contributed by atoms with van der Waals surface area (Å²) in [4.78, 5) is 15.7. The molecular weight excluding hydrogens is 228 g/mol. The Hall–Kier alpha value is -1.58. The molecule has 4 heteroatoms. The van der Waals surface area contributed by atoms with Gasteiger partial charge in [0.05, 0.1) is 24.6 Å². The Kier molecular flexibility index (Phi) is 4.18. The van der Waals surface area contributed by atoms with E-state index >= 15 is 0 Å². The van der Waals surface area contributed by atoms with Gasteiger partial charge in [-0.15, -0.1) is 0 Å². The summed E-state index contributed by atoms with van der Waals surface area (Å²) in [6.45, 7) is 1.93. The van der Waals surface area contributed by atoms with E-state index in [1.54, 1.807) is 12.4 Å². The van der Waals surface area contributed by atoms with Gasteiger partial charge in [-0.25, -0.2) is 4.79 Å². The highest BCUT2D eigenvalue weighted by Gasteiger charge is 2.17. The molecule has 0 unspecified atom stereocenters. The monoisotopic (exact) mass is 248 g/mol. The van der Waals surface area contributed by atoms with Crippen molar-refractivity contribution < 1.29 is 9.53 Å². The topological polar surface area (TPSA) is 51.2 Å². The lowest BCUT2D eigenvalue weighted by atomic mass is 9.95. The van der Waals surface area contributed by atoms with E-state index in [0.717, 1.165) is 11.3 Å². The maximum absolute atomic E-state index is 11.6. The Balaban J connectivity index is 2.15. The van der Waals surface area contributed by atoms with Crippen LogP contribution in [0.25, 0.3) is 0 Å². The van der Waals surface area contributed by atoms with Gasteiger partial charge < -0.3 is 10.1 Å². The number of aromatic nitrogens is 1. The van der Waals surface area contributed by atoms with Crippen LogP contribution in [-0.4, -0.2) is 24.1 Å². The Labute approximate surface area is 108 Å². The molecule has 18 heavy (non-hydrogen) atoms. The summed E-state index contributed by atoms with van der Waals surface area (Å²) in [7, 11) is 1.39. The molecule has 1 fully saturated rings. The maximum Gasteiger partial charge on any atom is 0.339 e. The van der Waals surface area contributed by atoms with Crippen LogP contribution in [0.5, 0.6) is 0 Å². The molecule has 98 valence electrons. The van der Waals surface area contributed by atoms with Gasteiger partial charge in [0.2, 0.25) is 0 Å². The first-order chi connectivity index (χ1) is 8.72. The number of ether oxygens (including phenoxy) is 1. The fraction of sp³-hybridized carbons (Fsp3) is 0.571. The van der Waals surface area contributed by atoms with Gasteiger partial charge >= 0.3 is 5.97 Å². The number of anilines is 1. The largest absolute Gasteiger partial charge is 0.465 e. The van der Waals surface area contributed by atoms with Crippen LogP contribution in [-0.2, 0) is 4.74 Å². The molecule has 1 aromatic heterocycles. The number of carbonyl (C=O) groups is 1. The van der Waals surface area contributed by atoms with Gasteiger partial charge in [-0.2, -0.15) is 0 Å². The first-order valence-corrected chi connectivity index (χ1v) is 6.52. The molecule has 0 saturated heterocycles. The summed E-state index contributed by atoms with van der Waals surface area (Å²) in [6, 6.07) is 0.507. The number of nitrogens with one attached hydrogen (secondary N) is 1. The van der Waals surface area contributed by atoms with Crippen LogP contribution in [0, 0.1) is 6.92 Å². The summed E-state index contributed by atoms with van der Waals surface area (Å²) >= 11 is 0. The molecule has 1 aromatic rings. The van der Waals surface area contributed by atoms with Crippen molar-refractivity contribution in [3.63, 3.8) is 0 Å². The highest BCUT2D eigenvalue weighted by molar-refractivity contribution is 5.92. The lowest BCUT2D eigenvalue weighted by molar-refractivity contribution is 0.0599. The number of rotatable bonds is 3. The quantitative estimate of drug-likeness (QED) is 0.836. The number of hydrogen-bond donors (Lipinski definition) is 1. The standard InChI is InChI=1S/C14H20N2O2/c1-10-12(14(17)18-2)8-15-9-13(10)16-11-6-4-3-5-7-11/h8-9,11,16H,3-7H2,1-2H3. The lowest BCUT2D eigenvalue weighted by Crippen LogP contribution is -2.23. The first kappa shape index (κ1) is 12.9. The molecule has 0 aliphatic heterocycles. The van der Waals surface area contributed by atoms with Crippen LogP contribution in [0.4, 0.5) is 5.69 Å². The van der Waals surface area contributed by atoms with Crippen LogP contribution in [0.15, 0.2) is 12.4 Å². The van der Waals surface area contributed by atoms with Crippen LogP contribution in [0.1, 0.15) is 48.0 Å². The van der Waals surface area contributed by atoms with Crippen molar-refractivity contribution in [3.8, 4) is 0 Å².